The second-order valence-corrected chi connectivity index (χ2v) is 4.98. The Bertz CT molecular complexity index is 613. The number of thioether (sulfide) groups is 1. The Balaban J connectivity index is 1.82. The summed E-state index contributed by atoms with van der Waals surface area (Å²) < 4.78 is 1.57. The molecule has 0 aliphatic heterocycles. The van der Waals surface area contributed by atoms with E-state index in [0.29, 0.717) is 28.7 Å². The van der Waals surface area contributed by atoms with Crippen LogP contribution in [0.15, 0.2) is 11.4 Å². The molecule has 2 aromatic rings. The fourth-order valence-electron chi connectivity index (χ4n) is 1.45. The molecule has 0 aliphatic rings. The number of carbonyl (C=O) groups is 1. The van der Waals surface area contributed by atoms with Crippen LogP contribution in [-0.2, 0) is 7.05 Å². The second-order valence-electron chi connectivity index (χ2n) is 3.92. The van der Waals surface area contributed by atoms with E-state index in [-0.39, 0.29) is 11.9 Å². The van der Waals surface area contributed by atoms with Crippen molar-refractivity contribution in [1.82, 2.24) is 35.5 Å². The summed E-state index contributed by atoms with van der Waals surface area (Å²) in [4.78, 5) is 19.7. The molecular formula is C10H14N8OS. The zero-order chi connectivity index (χ0) is 14.5. The molecule has 2 aromatic heterocycles. The Labute approximate surface area is 119 Å². The minimum absolute atomic E-state index is 0.157. The highest BCUT2D eigenvalue weighted by Crippen LogP contribution is 2.11. The van der Waals surface area contributed by atoms with E-state index in [2.05, 4.69) is 30.8 Å². The molecule has 9 nitrogen and oxygen atoms in total. The highest BCUT2D eigenvalue weighted by atomic mass is 32.2. The predicted octanol–water partition coefficient (Wildman–Crippen LogP) is -0.587. The molecular weight excluding hydrogens is 280 g/mol. The van der Waals surface area contributed by atoms with Gasteiger partial charge in [0, 0.05) is 25.5 Å². The molecule has 0 atom stereocenters. The van der Waals surface area contributed by atoms with Gasteiger partial charge in [-0.15, -0.1) is 5.10 Å². The van der Waals surface area contributed by atoms with Crippen molar-refractivity contribution in [3.63, 3.8) is 0 Å². The molecule has 1 amide bonds. The molecule has 10 heteroatoms. The van der Waals surface area contributed by atoms with E-state index in [9.17, 15) is 4.79 Å². The zero-order valence-corrected chi connectivity index (χ0v) is 11.9. The molecule has 106 valence electrons. The summed E-state index contributed by atoms with van der Waals surface area (Å²) >= 11 is 1.46. The maximum absolute atomic E-state index is 11.9. The predicted molar refractivity (Wildman–Crippen MR) is 73.0 cm³/mol. The molecule has 0 fully saturated rings. The smallest absolute Gasteiger partial charge is 0.254 e. The molecule has 0 aliphatic carbocycles. The number of rotatable bonds is 5. The average molecular weight is 294 g/mol. The topological polar surface area (TPSA) is 124 Å². The maximum Gasteiger partial charge on any atom is 0.254 e. The van der Waals surface area contributed by atoms with Crippen LogP contribution in [0.1, 0.15) is 16.1 Å². The number of hydrogen-bond donors (Lipinski definition) is 2. The summed E-state index contributed by atoms with van der Waals surface area (Å²) in [6, 6.07) is 0. The van der Waals surface area contributed by atoms with E-state index in [1.807, 2.05) is 0 Å². The van der Waals surface area contributed by atoms with Crippen LogP contribution in [0, 0.1) is 6.92 Å². The molecule has 2 heterocycles. The summed E-state index contributed by atoms with van der Waals surface area (Å²) in [6.45, 7) is 2.20. The van der Waals surface area contributed by atoms with Gasteiger partial charge in [0.05, 0.1) is 11.3 Å². The number of amides is 1. The quantitative estimate of drug-likeness (QED) is 0.554. The highest BCUT2D eigenvalue weighted by Gasteiger charge is 2.10. The molecule has 0 radical (unpaired) electrons. The van der Waals surface area contributed by atoms with Crippen molar-refractivity contribution >= 4 is 23.6 Å². The summed E-state index contributed by atoms with van der Waals surface area (Å²) in [5.74, 6) is 0.595. The van der Waals surface area contributed by atoms with Crippen LogP contribution in [0.4, 0.5) is 5.95 Å². The molecule has 0 bridgehead atoms. The average Bonchev–Trinajstić information content (AvgIpc) is 2.80. The van der Waals surface area contributed by atoms with Gasteiger partial charge in [0.15, 0.2) is 0 Å². The Hall–Kier alpha value is -2.23. The minimum atomic E-state index is -0.223. The summed E-state index contributed by atoms with van der Waals surface area (Å²) in [5.41, 5.74) is 6.42. The molecule has 0 unspecified atom stereocenters. The normalized spacial score (nSPS) is 10.5. The van der Waals surface area contributed by atoms with Crippen molar-refractivity contribution in [3.05, 3.63) is 17.5 Å². The monoisotopic (exact) mass is 294 g/mol. The van der Waals surface area contributed by atoms with Gasteiger partial charge < -0.3 is 11.1 Å². The van der Waals surface area contributed by atoms with Crippen molar-refractivity contribution in [3.8, 4) is 0 Å². The number of carbonyl (C=O) groups excluding carboxylic acids is 1. The highest BCUT2D eigenvalue weighted by molar-refractivity contribution is 7.99. The van der Waals surface area contributed by atoms with E-state index in [4.69, 9.17) is 5.73 Å². The molecule has 0 saturated heterocycles. The van der Waals surface area contributed by atoms with E-state index in [0.717, 1.165) is 0 Å². The Morgan fingerprint density at radius 1 is 1.55 bits per heavy atom. The van der Waals surface area contributed by atoms with Gasteiger partial charge in [0.1, 0.15) is 0 Å². The van der Waals surface area contributed by atoms with Crippen LogP contribution in [0.5, 0.6) is 0 Å². The maximum atomic E-state index is 11.9. The number of nitrogens with one attached hydrogen (secondary N) is 1. The Morgan fingerprint density at radius 2 is 2.35 bits per heavy atom. The van der Waals surface area contributed by atoms with Crippen molar-refractivity contribution in [2.75, 3.05) is 18.0 Å². The first kappa shape index (κ1) is 14.2. The first-order valence-electron chi connectivity index (χ1n) is 5.80. The number of hydrogen-bond acceptors (Lipinski definition) is 8. The van der Waals surface area contributed by atoms with Gasteiger partial charge in [-0.3, -0.25) is 4.79 Å². The molecule has 0 aromatic carbocycles. The van der Waals surface area contributed by atoms with Crippen LogP contribution in [-0.4, -0.2) is 48.4 Å². The first-order valence-corrected chi connectivity index (χ1v) is 6.79. The van der Waals surface area contributed by atoms with Gasteiger partial charge >= 0.3 is 0 Å². The van der Waals surface area contributed by atoms with Crippen LogP contribution in [0.25, 0.3) is 0 Å². The fraction of sp³-hybridized carbons (Fsp3) is 0.400. The van der Waals surface area contributed by atoms with Crippen LogP contribution < -0.4 is 11.1 Å². The summed E-state index contributed by atoms with van der Waals surface area (Å²) in [7, 11) is 1.76. The van der Waals surface area contributed by atoms with Gasteiger partial charge in [0.2, 0.25) is 11.1 Å². The fourth-order valence-corrected chi connectivity index (χ4v) is 2.16. The number of aromatic nitrogens is 6. The van der Waals surface area contributed by atoms with Crippen molar-refractivity contribution < 1.29 is 4.79 Å². The SMILES string of the molecule is Cc1nc(N)ncc1C(=O)NCCSc1nnnn1C. The van der Waals surface area contributed by atoms with Gasteiger partial charge in [-0.1, -0.05) is 11.8 Å². The number of aryl methyl sites for hydroxylation is 2. The van der Waals surface area contributed by atoms with E-state index in [1.165, 1.54) is 18.0 Å². The second kappa shape index (κ2) is 6.28. The zero-order valence-electron chi connectivity index (χ0n) is 11.1. The number of nitrogen functional groups attached to an aromatic ring is 1. The first-order chi connectivity index (χ1) is 9.58. The number of nitrogens with two attached hydrogens (primary N) is 1. The third kappa shape index (κ3) is 3.41. The number of anilines is 1. The van der Waals surface area contributed by atoms with Crippen molar-refractivity contribution in [1.29, 1.82) is 0 Å². The number of nitrogens with zero attached hydrogens (tertiary/aromatic N) is 6. The number of tetrazole rings is 1. The lowest BCUT2D eigenvalue weighted by molar-refractivity contribution is 0.0955. The van der Waals surface area contributed by atoms with Crippen LogP contribution in [0.3, 0.4) is 0 Å². The largest absolute Gasteiger partial charge is 0.368 e. The minimum Gasteiger partial charge on any atom is -0.368 e. The van der Waals surface area contributed by atoms with Gasteiger partial charge in [-0.05, 0) is 17.4 Å². The van der Waals surface area contributed by atoms with E-state index in [1.54, 1.807) is 18.7 Å². The van der Waals surface area contributed by atoms with Gasteiger partial charge in [-0.25, -0.2) is 14.6 Å². The molecule has 0 spiro atoms. The van der Waals surface area contributed by atoms with Crippen molar-refractivity contribution in [2.24, 2.45) is 7.05 Å². The van der Waals surface area contributed by atoms with E-state index >= 15 is 0 Å². The van der Waals surface area contributed by atoms with Crippen molar-refractivity contribution in [2.45, 2.75) is 12.1 Å². The van der Waals surface area contributed by atoms with E-state index < -0.39 is 0 Å². The summed E-state index contributed by atoms with van der Waals surface area (Å²) in [6.07, 6.45) is 1.42. The molecule has 0 saturated carbocycles. The summed E-state index contributed by atoms with van der Waals surface area (Å²) in [5, 5.41) is 14.6. The lowest BCUT2D eigenvalue weighted by Gasteiger charge is -2.06. The van der Waals surface area contributed by atoms with Gasteiger partial charge in [-0.2, -0.15) is 0 Å². The molecule has 2 rings (SSSR count). The Morgan fingerprint density at radius 3 is 3.00 bits per heavy atom. The standard InChI is InChI=1S/C10H14N8OS/c1-6-7(5-13-9(11)14-6)8(19)12-3-4-20-10-15-16-17-18(10)2/h5H,3-4H2,1-2H3,(H,12,19)(H2,11,13,14). The van der Waals surface area contributed by atoms with Crippen LogP contribution >= 0.6 is 11.8 Å². The third-order valence-electron chi connectivity index (χ3n) is 2.44. The van der Waals surface area contributed by atoms with Gasteiger partial charge in [0.25, 0.3) is 5.91 Å². The Kier molecular flexibility index (Phi) is 4.45. The lowest BCUT2D eigenvalue weighted by Crippen LogP contribution is -2.27. The third-order valence-corrected chi connectivity index (χ3v) is 3.45. The lowest BCUT2D eigenvalue weighted by atomic mass is 10.2. The molecule has 20 heavy (non-hydrogen) atoms. The van der Waals surface area contributed by atoms with Crippen LogP contribution in [0.2, 0.25) is 0 Å². The molecule has 3 N–H and O–H groups in total.